The zero-order valence-electron chi connectivity index (χ0n) is 21.4. The lowest BCUT2D eigenvalue weighted by atomic mass is 9.97. The fourth-order valence-corrected chi connectivity index (χ4v) is 3.28. The van der Waals surface area contributed by atoms with Crippen molar-refractivity contribution in [2.45, 2.75) is 83.0 Å². The van der Waals surface area contributed by atoms with Crippen LogP contribution in [0.2, 0.25) is 0 Å². The highest BCUT2D eigenvalue weighted by molar-refractivity contribution is 5.94. The van der Waals surface area contributed by atoms with Crippen LogP contribution < -0.4 is 38.9 Å². The molecule has 0 bridgehead atoms. The molecular formula is C22H42N8O7. The molecule has 0 aliphatic rings. The molecule has 0 aliphatic carbocycles. The van der Waals surface area contributed by atoms with E-state index < -0.39 is 66.2 Å². The lowest BCUT2D eigenvalue weighted by Gasteiger charge is -2.28. The average Bonchev–Trinajstić information content (AvgIpc) is 2.82. The number of guanidine groups is 1. The molecule has 0 rings (SSSR count). The zero-order chi connectivity index (χ0) is 28.5. The zero-order valence-corrected chi connectivity index (χ0v) is 21.4. The highest BCUT2D eigenvalue weighted by Gasteiger charge is 2.33. The molecule has 3 amide bonds. The van der Waals surface area contributed by atoms with Crippen LogP contribution in [0.3, 0.4) is 0 Å². The molecule has 15 heteroatoms. The van der Waals surface area contributed by atoms with Crippen molar-refractivity contribution in [3.63, 3.8) is 0 Å². The number of unbranched alkanes of at least 4 members (excludes halogenated alkanes) is 1. The molecule has 0 spiro atoms. The van der Waals surface area contributed by atoms with Crippen LogP contribution in [0, 0.1) is 5.92 Å². The average molecular weight is 531 g/mol. The number of hydrogen-bond acceptors (Lipinski definition) is 8. The van der Waals surface area contributed by atoms with Gasteiger partial charge in [-0.15, -0.1) is 0 Å². The summed E-state index contributed by atoms with van der Waals surface area (Å²) in [6, 6.07) is -4.84. The molecule has 13 N–H and O–H groups in total. The van der Waals surface area contributed by atoms with E-state index in [1.54, 1.807) is 13.8 Å². The minimum absolute atomic E-state index is 0.121. The number of nitrogens with one attached hydrogen (secondary N) is 3. The number of amides is 3. The van der Waals surface area contributed by atoms with Crippen LogP contribution in [0.15, 0.2) is 4.99 Å². The lowest BCUT2D eigenvalue weighted by molar-refractivity contribution is -0.147. The molecule has 0 fully saturated rings. The Balaban J connectivity index is 5.63. The second-order valence-electron chi connectivity index (χ2n) is 8.77. The van der Waals surface area contributed by atoms with Crippen LogP contribution in [-0.2, 0) is 24.0 Å². The lowest BCUT2D eigenvalue weighted by Crippen LogP contribution is -2.58. The van der Waals surface area contributed by atoms with Gasteiger partial charge in [-0.3, -0.25) is 24.2 Å². The highest BCUT2D eigenvalue weighted by atomic mass is 16.4. The maximum atomic E-state index is 13.2. The second kappa shape index (κ2) is 17.9. The summed E-state index contributed by atoms with van der Waals surface area (Å²) in [4.78, 5) is 64.8. The molecule has 0 saturated carbocycles. The Morgan fingerprint density at radius 3 is 2.00 bits per heavy atom. The summed E-state index contributed by atoms with van der Waals surface area (Å²) in [6.07, 6.45) is 1.71. The first kappa shape index (κ1) is 33.5. The highest BCUT2D eigenvalue weighted by Crippen LogP contribution is 2.11. The van der Waals surface area contributed by atoms with Crippen molar-refractivity contribution in [2.24, 2.45) is 33.8 Å². The molecule has 0 aromatic heterocycles. The number of nitrogens with two attached hydrogens (primary N) is 4. The van der Waals surface area contributed by atoms with E-state index in [4.69, 9.17) is 28.0 Å². The van der Waals surface area contributed by atoms with E-state index in [1.165, 1.54) is 0 Å². The topological polar surface area (TPSA) is 278 Å². The number of rotatable bonds is 19. The van der Waals surface area contributed by atoms with Gasteiger partial charge in [-0.2, -0.15) is 0 Å². The predicted octanol–water partition coefficient (Wildman–Crippen LogP) is -2.44. The maximum Gasteiger partial charge on any atom is 0.326 e. The third kappa shape index (κ3) is 14.0. The summed E-state index contributed by atoms with van der Waals surface area (Å²) in [7, 11) is 0. The van der Waals surface area contributed by atoms with Crippen molar-refractivity contribution in [2.75, 3.05) is 13.1 Å². The first-order valence-corrected chi connectivity index (χ1v) is 12.2. The molecule has 0 radical (unpaired) electrons. The quantitative estimate of drug-likeness (QED) is 0.0480. The predicted molar refractivity (Wildman–Crippen MR) is 136 cm³/mol. The number of carbonyl (C=O) groups is 5. The number of carboxylic acid groups (broad SMARTS) is 2. The number of aliphatic imine (C=N–C) groups is 1. The Bertz CT molecular complexity index is 804. The number of nitrogens with zero attached hydrogens (tertiary/aromatic N) is 1. The van der Waals surface area contributed by atoms with Gasteiger partial charge in [0.15, 0.2) is 5.96 Å². The van der Waals surface area contributed by atoms with E-state index in [9.17, 15) is 29.1 Å². The van der Waals surface area contributed by atoms with E-state index in [0.29, 0.717) is 38.6 Å². The van der Waals surface area contributed by atoms with E-state index in [1.807, 2.05) is 0 Å². The van der Waals surface area contributed by atoms with Crippen molar-refractivity contribution in [3.8, 4) is 0 Å². The molecule has 0 aromatic carbocycles. The van der Waals surface area contributed by atoms with Crippen LogP contribution in [0.4, 0.5) is 0 Å². The Kier molecular flexibility index (Phi) is 16.2. The molecule has 15 nitrogen and oxygen atoms in total. The van der Waals surface area contributed by atoms with E-state index in [0.717, 1.165) is 0 Å². The molecule has 0 aromatic rings. The summed E-state index contributed by atoms with van der Waals surface area (Å²) < 4.78 is 0. The van der Waals surface area contributed by atoms with E-state index >= 15 is 0 Å². The van der Waals surface area contributed by atoms with Crippen LogP contribution in [0.1, 0.15) is 58.8 Å². The van der Waals surface area contributed by atoms with E-state index in [2.05, 4.69) is 20.9 Å². The monoisotopic (exact) mass is 530 g/mol. The maximum absolute atomic E-state index is 13.2. The van der Waals surface area contributed by atoms with Crippen molar-refractivity contribution >= 4 is 35.6 Å². The van der Waals surface area contributed by atoms with Gasteiger partial charge in [0, 0.05) is 6.54 Å². The van der Waals surface area contributed by atoms with Crippen molar-refractivity contribution in [1.82, 2.24) is 16.0 Å². The van der Waals surface area contributed by atoms with Crippen LogP contribution in [-0.4, -0.2) is 83.1 Å². The Hall–Kier alpha value is -3.46. The summed E-state index contributed by atoms with van der Waals surface area (Å²) in [6.45, 7) is 4.07. The number of carbonyl (C=O) groups excluding carboxylic acids is 3. The third-order valence-corrected chi connectivity index (χ3v) is 5.67. The normalized spacial score (nSPS) is 14.8. The largest absolute Gasteiger partial charge is 0.481 e. The molecule has 0 aliphatic heterocycles. The first-order chi connectivity index (χ1) is 17.3. The molecule has 212 valence electrons. The van der Waals surface area contributed by atoms with Crippen LogP contribution in [0.25, 0.3) is 0 Å². The SMILES string of the molecule is CCC(C)C(NC(=O)C(CCCN=C(N)N)NC(=O)C(N)CCCCN)C(=O)NC(CC(=O)O)C(=O)O. The summed E-state index contributed by atoms with van der Waals surface area (Å²) >= 11 is 0. The fourth-order valence-electron chi connectivity index (χ4n) is 3.28. The third-order valence-electron chi connectivity index (χ3n) is 5.67. The number of aliphatic carboxylic acids is 2. The molecular weight excluding hydrogens is 488 g/mol. The Morgan fingerprint density at radius 2 is 1.49 bits per heavy atom. The van der Waals surface area contributed by atoms with Gasteiger partial charge in [-0.25, -0.2) is 4.79 Å². The van der Waals surface area contributed by atoms with E-state index in [-0.39, 0.29) is 18.9 Å². The Morgan fingerprint density at radius 1 is 0.865 bits per heavy atom. The molecule has 0 heterocycles. The fraction of sp³-hybridized carbons (Fsp3) is 0.727. The smallest absolute Gasteiger partial charge is 0.326 e. The Labute approximate surface area is 216 Å². The summed E-state index contributed by atoms with van der Waals surface area (Å²) in [5.74, 6) is -5.63. The van der Waals surface area contributed by atoms with Gasteiger partial charge in [-0.05, 0) is 38.1 Å². The van der Waals surface area contributed by atoms with Crippen molar-refractivity contribution in [3.05, 3.63) is 0 Å². The number of carboxylic acids is 2. The standard InChI is InChI=1S/C22H42N8O7/c1-3-12(2)17(20(35)29-15(21(36)37)11-16(31)32)30-19(34)14(8-6-10-27-22(25)26)28-18(33)13(24)7-4-5-9-23/h12-15,17H,3-11,23-24H2,1-2H3,(H,28,33)(H,29,35)(H,30,34)(H,31,32)(H,36,37)(H4,25,26,27). The minimum atomic E-state index is -1.69. The molecule has 37 heavy (non-hydrogen) atoms. The second-order valence-corrected chi connectivity index (χ2v) is 8.77. The minimum Gasteiger partial charge on any atom is -0.481 e. The molecule has 5 unspecified atom stereocenters. The summed E-state index contributed by atoms with van der Waals surface area (Å²) in [5.41, 5.74) is 22.0. The van der Waals surface area contributed by atoms with Gasteiger partial charge in [0.2, 0.25) is 17.7 Å². The summed E-state index contributed by atoms with van der Waals surface area (Å²) in [5, 5.41) is 25.5. The van der Waals surface area contributed by atoms with Crippen molar-refractivity contribution in [1.29, 1.82) is 0 Å². The van der Waals surface area contributed by atoms with Gasteiger partial charge in [0.1, 0.15) is 18.1 Å². The molecule has 5 atom stereocenters. The van der Waals surface area contributed by atoms with Gasteiger partial charge in [-0.1, -0.05) is 26.7 Å². The van der Waals surface area contributed by atoms with Gasteiger partial charge < -0.3 is 49.1 Å². The van der Waals surface area contributed by atoms with Crippen molar-refractivity contribution < 1.29 is 34.2 Å². The van der Waals surface area contributed by atoms with Crippen LogP contribution >= 0.6 is 0 Å². The number of hydrogen-bond donors (Lipinski definition) is 9. The van der Waals surface area contributed by atoms with Gasteiger partial charge in [0.05, 0.1) is 12.5 Å². The van der Waals surface area contributed by atoms with Crippen LogP contribution in [0.5, 0.6) is 0 Å². The van der Waals surface area contributed by atoms with Gasteiger partial charge >= 0.3 is 11.9 Å². The van der Waals surface area contributed by atoms with Gasteiger partial charge in [0.25, 0.3) is 0 Å². The molecule has 0 saturated heterocycles. The first-order valence-electron chi connectivity index (χ1n) is 12.2.